The minimum atomic E-state index is 0.398. The quantitative estimate of drug-likeness (QED) is 0.908. The molecule has 1 heterocycles. The maximum Gasteiger partial charge on any atom is 0.0724 e. The van der Waals surface area contributed by atoms with Crippen LogP contribution in [0, 0.1) is 0 Å². The van der Waals surface area contributed by atoms with Gasteiger partial charge in [0.15, 0.2) is 0 Å². The molecule has 1 aromatic carbocycles. The Balaban J connectivity index is 1.69. The van der Waals surface area contributed by atoms with Crippen LogP contribution >= 0.6 is 11.3 Å². The Kier molecular flexibility index (Phi) is 3.64. The van der Waals surface area contributed by atoms with E-state index in [0.29, 0.717) is 12.1 Å². The average molecular weight is 261 g/mol. The van der Waals surface area contributed by atoms with Crippen molar-refractivity contribution in [3.05, 3.63) is 35.2 Å². The largest absolute Gasteiger partial charge is 0.380 e. The zero-order valence-corrected chi connectivity index (χ0v) is 11.5. The molecule has 0 radical (unpaired) electrons. The molecule has 2 unspecified atom stereocenters. The van der Waals surface area contributed by atoms with E-state index in [1.165, 1.54) is 34.9 Å². The molecule has 96 valence electrons. The van der Waals surface area contributed by atoms with Crippen LogP contribution in [-0.4, -0.2) is 19.3 Å². The van der Waals surface area contributed by atoms with Crippen molar-refractivity contribution in [2.75, 3.05) is 7.11 Å². The second kappa shape index (κ2) is 5.39. The third-order valence-corrected chi connectivity index (χ3v) is 4.88. The van der Waals surface area contributed by atoms with Crippen molar-refractivity contribution in [3.63, 3.8) is 0 Å². The average Bonchev–Trinajstić information content (AvgIpc) is 3.02. The van der Waals surface area contributed by atoms with E-state index in [4.69, 9.17) is 4.74 Å². The first kappa shape index (κ1) is 12.2. The van der Waals surface area contributed by atoms with Crippen LogP contribution < -0.4 is 5.32 Å². The highest BCUT2D eigenvalue weighted by atomic mass is 32.1. The molecule has 0 saturated heterocycles. The van der Waals surface area contributed by atoms with Crippen molar-refractivity contribution in [3.8, 4) is 0 Å². The van der Waals surface area contributed by atoms with E-state index in [9.17, 15) is 0 Å². The first-order chi connectivity index (χ1) is 8.88. The Morgan fingerprint density at radius 1 is 1.33 bits per heavy atom. The van der Waals surface area contributed by atoms with E-state index in [0.717, 1.165) is 6.54 Å². The van der Waals surface area contributed by atoms with E-state index < -0.39 is 0 Å². The van der Waals surface area contributed by atoms with Crippen molar-refractivity contribution in [2.24, 2.45) is 0 Å². The molecule has 1 N–H and O–H groups in total. The molecule has 2 nitrogen and oxygen atoms in total. The Bertz CT molecular complexity index is 522. The normalized spacial score (nSPS) is 23.8. The summed E-state index contributed by atoms with van der Waals surface area (Å²) < 4.78 is 6.90. The highest BCUT2D eigenvalue weighted by Crippen LogP contribution is 2.27. The summed E-state index contributed by atoms with van der Waals surface area (Å²) in [5.41, 5.74) is 1.41. The van der Waals surface area contributed by atoms with Gasteiger partial charge in [-0.1, -0.05) is 18.2 Å². The lowest BCUT2D eigenvalue weighted by molar-refractivity contribution is 0.0848. The number of methoxy groups -OCH3 is 1. The number of thiophene rings is 1. The number of rotatable bonds is 4. The Labute approximate surface area is 112 Å². The van der Waals surface area contributed by atoms with Crippen LogP contribution in [0.15, 0.2) is 29.6 Å². The van der Waals surface area contributed by atoms with Crippen LogP contribution in [0.4, 0.5) is 0 Å². The van der Waals surface area contributed by atoms with Crippen LogP contribution in [-0.2, 0) is 11.3 Å². The molecule has 1 aliphatic carbocycles. The van der Waals surface area contributed by atoms with Gasteiger partial charge in [0, 0.05) is 24.4 Å². The van der Waals surface area contributed by atoms with Gasteiger partial charge in [-0.15, -0.1) is 11.3 Å². The third kappa shape index (κ3) is 2.30. The molecule has 3 heteroatoms. The molecular weight excluding hydrogens is 242 g/mol. The second-order valence-corrected chi connectivity index (χ2v) is 5.86. The fourth-order valence-electron chi connectivity index (χ4n) is 2.85. The van der Waals surface area contributed by atoms with Gasteiger partial charge in [-0.3, -0.25) is 0 Å². The van der Waals surface area contributed by atoms with Crippen LogP contribution in [0.3, 0.4) is 0 Å². The minimum absolute atomic E-state index is 0.398. The molecule has 0 bridgehead atoms. The molecule has 3 rings (SSSR count). The summed E-state index contributed by atoms with van der Waals surface area (Å²) in [6, 6.07) is 9.15. The van der Waals surface area contributed by atoms with Gasteiger partial charge in [0.25, 0.3) is 0 Å². The van der Waals surface area contributed by atoms with Crippen molar-refractivity contribution >= 4 is 21.4 Å². The SMILES string of the molecule is COC1CCCC1NCc1csc2ccccc12. The molecule has 0 aliphatic heterocycles. The molecule has 1 aromatic heterocycles. The van der Waals surface area contributed by atoms with Crippen LogP contribution in [0.1, 0.15) is 24.8 Å². The lowest BCUT2D eigenvalue weighted by Gasteiger charge is -2.19. The van der Waals surface area contributed by atoms with Crippen molar-refractivity contribution in [1.82, 2.24) is 5.32 Å². The maximum atomic E-state index is 5.52. The monoisotopic (exact) mass is 261 g/mol. The zero-order chi connectivity index (χ0) is 12.4. The Morgan fingerprint density at radius 2 is 2.22 bits per heavy atom. The number of benzene rings is 1. The summed E-state index contributed by atoms with van der Waals surface area (Å²) in [6.45, 7) is 0.953. The second-order valence-electron chi connectivity index (χ2n) is 4.95. The first-order valence-corrected chi connectivity index (χ1v) is 7.48. The molecular formula is C15H19NOS. The number of hydrogen-bond acceptors (Lipinski definition) is 3. The molecule has 1 saturated carbocycles. The van der Waals surface area contributed by atoms with Gasteiger partial charge < -0.3 is 10.1 Å². The summed E-state index contributed by atoms with van der Waals surface area (Å²) >= 11 is 1.83. The van der Waals surface area contributed by atoms with Crippen molar-refractivity contribution in [2.45, 2.75) is 38.0 Å². The number of nitrogens with one attached hydrogen (secondary N) is 1. The molecule has 1 fully saturated rings. The lowest BCUT2D eigenvalue weighted by Crippen LogP contribution is -2.36. The van der Waals surface area contributed by atoms with Gasteiger partial charge in [-0.05, 0) is 41.7 Å². The summed E-state index contributed by atoms with van der Waals surface area (Å²) in [4.78, 5) is 0. The first-order valence-electron chi connectivity index (χ1n) is 6.60. The molecule has 18 heavy (non-hydrogen) atoms. The molecule has 2 atom stereocenters. The predicted molar refractivity (Wildman–Crippen MR) is 77.1 cm³/mol. The zero-order valence-electron chi connectivity index (χ0n) is 10.7. The highest BCUT2D eigenvalue weighted by Gasteiger charge is 2.26. The van der Waals surface area contributed by atoms with E-state index in [2.05, 4.69) is 35.0 Å². The van der Waals surface area contributed by atoms with E-state index in [1.807, 2.05) is 18.4 Å². The summed E-state index contributed by atoms with van der Waals surface area (Å²) in [5.74, 6) is 0. The number of ether oxygens (including phenoxy) is 1. The Hall–Kier alpha value is -0.900. The topological polar surface area (TPSA) is 21.3 Å². The van der Waals surface area contributed by atoms with Gasteiger partial charge in [-0.25, -0.2) is 0 Å². The fourth-order valence-corrected chi connectivity index (χ4v) is 3.82. The Morgan fingerprint density at radius 3 is 3.11 bits per heavy atom. The van der Waals surface area contributed by atoms with Gasteiger partial charge >= 0.3 is 0 Å². The number of hydrogen-bond donors (Lipinski definition) is 1. The van der Waals surface area contributed by atoms with Crippen molar-refractivity contribution in [1.29, 1.82) is 0 Å². The predicted octanol–water partition coefficient (Wildman–Crippen LogP) is 3.56. The number of fused-ring (bicyclic) bond motifs is 1. The summed E-state index contributed by atoms with van der Waals surface area (Å²) in [5, 5.41) is 7.32. The van der Waals surface area contributed by atoms with E-state index >= 15 is 0 Å². The smallest absolute Gasteiger partial charge is 0.0724 e. The fraction of sp³-hybridized carbons (Fsp3) is 0.467. The van der Waals surface area contributed by atoms with Gasteiger partial charge in [0.05, 0.1) is 6.10 Å². The molecule has 0 spiro atoms. The molecule has 1 aliphatic rings. The summed E-state index contributed by atoms with van der Waals surface area (Å²) in [7, 11) is 1.82. The highest BCUT2D eigenvalue weighted by molar-refractivity contribution is 7.17. The standard InChI is InChI=1S/C15H19NOS/c1-17-14-7-4-6-13(14)16-9-11-10-18-15-8-3-2-5-12(11)15/h2-3,5,8,10,13-14,16H,4,6-7,9H2,1H3. The third-order valence-electron chi connectivity index (χ3n) is 3.87. The molecule has 0 amide bonds. The summed E-state index contributed by atoms with van der Waals surface area (Å²) in [6.07, 6.45) is 4.11. The van der Waals surface area contributed by atoms with E-state index in [1.54, 1.807) is 0 Å². The molecule has 2 aromatic rings. The van der Waals surface area contributed by atoms with Crippen LogP contribution in [0.5, 0.6) is 0 Å². The maximum absolute atomic E-state index is 5.52. The van der Waals surface area contributed by atoms with Gasteiger partial charge in [0.1, 0.15) is 0 Å². The van der Waals surface area contributed by atoms with E-state index in [-0.39, 0.29) is 0 Å². The van der Waals surface area contributed by atoms with Crippen molar-refractivity contribution < 1.29 is 4.74 Å². The lowest BCUT2D eigenvalue weighted by atomic mass is 10.1. The van der Waals surface area contributed by atoms with Gasteiger partial charge in [-0.2, -0.15) is 0 Å². The van der Waals surface area contributed by atoms with Gasteiger partial charge in [0.2, 0.25) is 0 Å². The van der Waals surface area contributed by atoms with Crippen LogP contribution in [0.2, 0.25) is 0 Å². The minimum Gasteiger partial charge on any atom is -0.380 e. The van der Waals surface area contributed by atoms with Crippen LogP contribution in [0.25, 0.3) is 10.1 Å².